The van der Waals surface area contributed by atoms with E-state index in [-0.39, 0.29) is 0 Å². The Morgan fingerprint density at radius 2 is 0.625 bits per heavy atom. The van der Waals surface area contributed by atoms with Crippen LogP contribution in [-0.2, 0) is 5.41 Å². The summed E-state index contributed by atoms with van der Waals surface area (Å²) in [5.41, 5.74) is 19.8. The molecule has 64 heavy (non-hydrogen) atoms. The first-order valence-electron chi connectivity index (χ1n) is 21.9. The number of fused-ring (bicyclic) bond motifs is 12. The van der Waals surface area contributed by atoms with Gasteiger partial charge >= 0.3 is 0 Å². The summed E-state index contributed by atoms with van der Waals surface area (Å²) >= 11 is 0. The molecule has 10 aromatic carbocycles. The van der Waals surface area contributed by atoms with E-state index < -0.39 is 5.41 Å². The van der Waals surface area contributed by atoms with E-state index in [0.717, 1.165) is 45.6 Å². The molecule has 3 heteroatoms. The Morgan fingerprint density at radius 1 is 0.250 bits per heavy atom. The number of rotatable bonds is 6. The molecular formula is C61H39NO2. The van der Waals surface area contributed by atoms with Crippen LogP contribution >= 0.6 is 0 Å². The lowest BCUT2D eigenvalue weighted by Crippen LogP contribution is -2.26. The van der Waals surface area contributed by atoms with Crippen molar-refractivity contribution in [3.05, 3.63) is 259 Å². The zero-order chi connectivity index (χ0) is 42.2. The fourth-order valence-corrected chi connectivity index (χ4v) is 10.5. The molecule has 3 nitrogen and oxygen atoms in total. The number of nitrogens with zero attached hydrogens (tertiary/aromatic N) is 1. The fraction of sp³-hybridized carbons (Fsp3) is 0.0164. The molecule has 2 aliphatic carbocycles. The van der Waals surface area contributed by atoms with Gasteiger partial charge in [-0.15, -0.1) is 0 Å². The first-order valence-corrected chi connectivity index (χ1v) is 21.9. The van der Waals surface area contributed by atoms with Gasteiger partial charge in [0.2, 0.25) is 0 Å². The minimum atomic E-state index is -0.544. The third-order valence-corrected chi connectivity index (χ3v) is 13.4. The Morgan fingerprint density at radius 3 is 1.16 bits per heavy atom. The van der Waals surface area contributed by atoms with Gasteiger partial charge in [0, 0.05) is 17.1 Å². The van der Waals surface area contributed by atoms with Crippen LogP contribution in [0.25, 0.3) is 55.6 Å². The molecule has 0 radical (unpaired) electrons. The second-order valence-corrected chi connectivity index (χ2v) is 16.8. The van der Waals surface area contributed by atoms with Crippen molar-refractivity contribution in [1.29, 1.82) is 0 Å². The molecule has 10 aromatic rings. The molecule has 0 aromatic heterocycles. The maximum atomic E-state index is 6.59. The highest BCUT2D eigenvalue weighted by atomic mass is 16.6. The van der Waals surface area contributed by atoms with E-state index >= 15 is 0 Å². The van der Waals surface area contributed by atoms with Gasteiger partial charge < -0.3 is 14.4 Å². The Kier molecular flexibility index (Phi) is 8.13. The summed E-state index contributed by atoms with van der Waals surface area (Å²) in [6.07, 6.45) is 0. The van der Waals surface area contributed by atoms with Gasteiger partial charge in [0.15, 0.2) is 23.0 Å². The molecule has 1 aliphatic heterocycles. The number of anilines is 3. The predicted octanol–water partition coefficient (Wildman–Crippen LogP) is 16.4. The summed E-state index contributed by atoms with van der Waals surface area (Å²) in [5.74, 6) is 2.92. The van der Waals surface area contributed by atoms with Crippen molar-refractivity contribution < 1.29 is 9.47 Å². The molecule has 1 spiro atoms. The van der Waals surface area contributed by atoms with Gasteiger partial charge in [-0.3, -0.25) is 0 Å². The Balaban J connectivity index is 0.921. The lowest BCUT2D eigenvalue weighted by Gasteiger charge is -2.31. The number of hydrogen-bond donors (Lipinski definition) is 0. The molecule has 3 aliphatic rings. The molecule has 0 saturated heterocycles. The largest absolute Gasteiger partial charge is 0.450 e. The van der Waals surface area contributed by atoms with Gasteiger partial charge in [-0.1, -0.05) is 170 Å². The Hall–Kier alpha value is -8.40. The van der Waals surface area contributed by atoms with Gasteiger partial charge in [0.05, 0.1) is 5.41 Å². The fourth-order valence-electron chi connectivity index (χ4n) is 10.5. The molecule has 0 fully saturated rings. The SMILES string of the molecule is c1ccc(-c2ccc(N(c3ccc(-c4ccccc4)cc3)c3ccc(-c4ccc5c(c4)C4(c6ccccc6-5)c5ccccc5-c5cc6c(cc54)Oc4ccccc4O6)cc3)cc2)cc1. The second-order valence-electron chi connectivity index (χ2n) is 16.8. The molecule has 1 atom stereocenters. The molecule has 0 N–H and O–H groups in total. The lowest BCUT2D eigenvalue weighted by molar-refractivity contribution is 0.359. The average molecular weight is 818 g/mol. The third-order valence-electron chi connectivity index (χ3n) is 13.4. The average Bonchev–Trinajstić information content (AvgIpc) is 3.82. The topological polar surface area (TPSA) is 21.7 Å². The molecule has 300 valence electrons. The van der Waals surface area contributed by atoms with E-state index in [9.17, 15) is 0 Å². The van der Waals surface area contributed by atoms with Crippen molar-refractivity contribution in [2.75, 3.05) is 4.90 Å². The van der Waals surface area contributed by atoms with Crippen LogP contribution in [0.4, 0.5) is 17.1 Å². The van der Waals surface area contributed by atoms with Crippen molar-refractivity contribution in [3.8, 4) is 78.6 Å². The van der Waals surface area contributed by atoms with Crippen LogP contribution in [0.2, 0.25) is 0 Å². The van der Waals surface area contributed by atoms with E-state index in [1.807, 2.05) is 24.3 Å². The highest BCUT2D eigenvalue weighted by Gasteiger charge is 2.52. The second kappa shape index (κ2) is 14.3. The van der Waals surface area contributed by atoms with Gasteiger partial charge in [0.1, 0.15) is 0 Å². The van der Waals surface area contributed by atoms with Crippen LogP contribution in [0.5, 0.6) is 23.0 Å². The van der Waals surface area contributed by atoms with Crippen LogP contribution in [0.15, 0.2) is 237 Å². The molecule has 0 amide bonds. The molecular weight excluding hydrogens is 779 g/mol. The minimum absolute atomic E-state index is 0.544. The van der Waals surface area contributed by atoms with Crippen LogP contribution < -0.4 is 14.4 Å². The van der Waals surface area contributed by atoms with Crippen molar-refractivity contribution in [1.82, 2.24) is 0 Å². The van der Waals surface area contributed by atoms with Crippen LogP contribution in [0.3, 0.4) is 0 Å². The van der Waals surface area contributed by atoms with Crippen LogP contribution in [0, 0.1) is 0 Å². The van der Waals surface area contributed by atoms with E-state index in [2.05, 4.69) is 217 Å². The first kappa shape index (κ1) is 36.3. The van der Waals surface area contributed by atoms with Crippen LogP contribution in [-0.4, -0.2) is 0 Å². The van der Waals surface area contributed by atoms with E-state index in [1.165, 1.54) is 72.3 Å². The first-order chi connectivity index (χ1) is 31.7. The summed E-state index contributed by atoms with van der Waals surface area (Å²) in [6, 6.07) is 85.1. The quantitative estimate of drug-likeness (QED) is 0.167. The number of ether oxygens (including phenoxy) is 2. The lowest BCUT2D eigenvalue weighted by atomic mass is 9.70. The van der Waals surface area contributed by atoms with Crippen molar-refractivity contribution >= 4 is 17.1 Å². The van der Waals surface area contributed by atoms with E-state index in [4.69, 9.17) is 9.47 Å². The molecule has 1 heterocycles. The van der Waals surface area contributed by atoms with Gasteiger partial charge in [-0.05, 0) is 145 Å². The monoisotopic (exact) mass is 817 g/mol. The summed E-state index contributed by atoms with van der Waals surface area (Å²) in [5, 5.41) is 0. The maximum absolute atomic E-state index is 6.59. The van der Waals surface area contributed by atoms with Gasteiger partial charge in [0.25, 0.3) is 0 Å². The molecule has 0 saturated carbocycles. The molecule has 0 bridgehead atoms. The minimum Gasteiger partial charge on any atom is -0.450 e. The Bertz CT molecular complexity index is 3330. The Labute approximate surface area is 372 Å². The van der Waals surface area contributed by atoms with E-state index in [0.29, 0.717) is 0 Å². The summed E-state index contributed by atoms with van der Waals surface area (Å²) in [4.78, 5) is 2.35. The highest BCUT2D eigenvalue weighted by molar-refractivity contribution is 5.97. The zero-order valence-corrected chi connectivity index (χ0v) is 34.8. The number of para-hydroxylation sites is 2. The smallest absolute Gasteiger partial charge is 0.170 e. The number of benzene rings is 10. The maximum Gasteiger partial charge on any atom is 0.170 e. The van der Waals surface area contributed by atoms with Crippen molar-refractivity contribution in [2.24, 2.45) is 0 Å². The predicted molar refractivity (Wildman–Crippen MR) is 260 cm³/mol. The molecule has 13 rings (SSSR count). The summed E-state index contributed by atoms with van der Waals surface area (Å²) in [7, 11) is 0. The molecule has 1 unspecified atom stereocenters. The standard InChI is InChI=1S/C61H39NO2/c1-3-13-40(14-4-1)42-23-30-46(31-24-42)62(47-32-25-43(26-33-47)41-15-5-2-6-16-41)48-34-27-44(28-35-48)45-29-36-51-49-17-7-9-19-53(49)61(55(51)37-45)54-20-10-8-18-50(54)52-38-59-60(39-56(52)61)64-58-22-12-11-21-57(58)63-59/h1-39H. The van der Waals surface area contributed by atoms with Crippen molar-refractivity contribution in [2.45, 2.75) is 5.41 Å². The van der Waals surface area contributed by atoms with Gasteiger partial charge in [-0.2, -0.15) is 0 Å². The van der Waals surface area contributed by atoms with E-state index in [1.54, 1.807) is 0 Å². The summed E-state index contributed by atoms with van der Waals surface area (Å²) < 4.78 is 13.1. The van der Waals surface area contributed by atoms with Crippen molar-refractivity contribution in [3.63, 3.8) is 0 Å². The van der Waals surface area contributed by atoms with Gasteiger partial charge in [-0.25, -0.2) is 0 Å². The highest BCUT2D eigenvalue weighted by Crippen LogP contribution is 2.65. The van der Waals surface area contributed by atoms with Crippen LogP contribution in [0.1, 0.15) is 22.3 Å². The summed E-state index contributed by atoms with van der Waals surface area (Å²) in [6.45, 7) is 0. The normalized spacial score (nSPS) is 14.6. The zero-order valence-electron chi connectivity index (χ0n) is 34.8. The third kappa shape index (κ3) is 5.54. The number of hydrogen-bond acceptors (Lipinski definition) is 3.